The number of para-hydroxylation sites is 1. The summed E-state index contributed by atoms with van der Waals surface area (Å²) in [6.07, 6.45) is -0.601. The van der Waals surface area contributed by atoms with E-state index in [-0.39, 0.29) is 18.0 Å². The molecule has 4 nitrogen and oxygen atoms in total. The van der Waals surface area contributed by atoms with Crippen LogP contribution in [0.15, 0.2) is 115 Å². The number of methoxy groups -OCH3 is 1. The zero-order valence-electron chi connectivity index (χ0n) is 18.4. The molecule has 0 N–H and O–H groups in total. The van der Waals surface area contributed by atoms with Crippen molar-refractivity contribution in [3.8, 4) is 11.5 Å². The molecule has 0 aliphatic carbocycles. The van der Waals surface area contributed by atoms with E-state index in [4.69, 9.17) is 9.47 Å². The largest absolute Gasteiger partial charge is 0.497 e. The maximum Gasteiger partial charge on any atom is 0.267 e. The molecular formula is C29H25NO3. The van der Waals surface area contributed by atoms with Crippen molar-refractivity contribution >= 4 is 5.91 Å². The van der Waals surface area contributed by atoms with E-state index >= 15 is 0 Å². The number of carbonyl (C=O) groups is 1. The van der Waals surface area contributed by atoms with Crippen LogP contribution in [0.4, 0.5) is 0 Å². The molecule has 0 unspecified atom stereocenters. The van der Waals surface area contributed by atoms with E-state index in [1.807, 2.05) is 95.9 Å². The first kappa shape index (κ1) is 20.8. The SMILES string of the molecule is COc1ccc([C@@H]2[C@H](Oc3ccccc3)C(=O)N2C(c2ccccc2)c2ccccc2)cc1. The summed E-state index contributed by atoms with van der Waals surface area (Å²) in [6, 6.07) is 37.2. The number of hydrogen-bond acceptors (Lipinski definition) is 3. The minimum Gasteiger partial charge on any atom is -0.497 e. The molecule has 4 aromatic rings. The average molecular weight is 436 g/mol. The Kier molecular flexibility index (Phi) is 5.81. The molecule has 0 spiro atoms. The van der Waals surface area contributed by atoms with E-state index in [2.05, 4.69) is 24.3 Å². The van der Waals surface area contributed by atoms with Crippen molar-refractivity contribution in [1.29, 1.82) is 0 Å². The quantitative estimate of drug-likeness (QED) is 0.344. The summed E-state index contributed by atoms with van der Waals surface area (Å²) in [6.45, 7) is 0. The van der Waals surface area contributed by atoms with Gasteiger partial charge in [-0.25, -0.2) is 0 Å². The minimum absolute atomic E-state index is 0.0302. The first-order valence-electron chi connectivity index (χ1n) is 11.0. The lowest BCUT2D eigenvalue weighted by molar-refractivity contribution is -0.168. The predicted molar refractivity (Wildman–Crippen MR) is 128 cm³/mol. The zero-order valence-corrected chi connectivity index (χ0v) is 18.4. The normalized spacial score (nSPS) is 17.5. The number of amides is 1. The van der Waals surface area contributed by atoms with Gasteiger partial charge in [0.05, 0.1) is 13.2 Å². The Labute approximate surface area is 194 Å². The molecular weight excluding hydrogens is 410 g/mol. The number of benzene rings is 4. The van der Waals surface area contributed by atoms with Crippen LogP contribution in [0.5, 0.6) is 11.5 Å². The van der Waals surface area contributed by atoms with E-state index in [9.17, 15) is 4.79 Å². The molecule has 164 valence electrons. The second kappa shape index (κ2) is 9.21. The number of ether oxygens (including phenoxy) is 2. The molecule has 1 aliphatic heterocycles. The van der Waals surface area contributed by atoms with Crippen LogP contribution in [-0.4, -0.2) is 24.0 Å². The first-order chi connectivity index (χ1) is 16.3. The number of carbonyl (C=O) groups excluding carboxylic acids is 1. The number of β-lactam (4-membered cyclic amide) rings is 1. The van der Waals surface area contributed by atoms with Crippen molar-refractivity contribution in [2.45, 2.75) is 18.2 Å². The molecule has 4 aromatic carbocycles. The van der Waals surface area contributed by atoms with Gasteiger partial charge < -0.3 is 14.4 Å². The lowest BCUT2D eigenvalue weighted by Gasteiger charge is -2.50. The van der Waals surface area contributed by atoms with E-state index < -0.39 is 6.10 Å². The first-order valence-corrected chi connectivity index (χ1v) is 11.0. The van der Waals surface area contributed by atoms with Crippen molar-refractivity contribution in [3.63, 3.8) is 0 Å². The number of hydrogen-bond donors (Lipinski definition) is 0. The molecule has 5 rings (SSSR count). The van der Waals surface area contributed by atoms with Gasteiger partial charge in [0.2, 0.25) is 6.10 Å². The van der Waals surface area contributed by atoms with Gasteiger partial charge in [0.1, 0.15) is 17.5 Å². The van der Waals surface area contributed by atoms with Gasteiger partial charge in [-0.05, 0) is 41.0 Å². The molecule has 0 aromatic heterocycles. The molecule has 0 saturated carbocycles. The van der Waals surface area contributed by atoms with Crippen LogP contribution >= 0.6 is 0 Å². The summed E-state index contributed by atoms with van der Waals surface area (Å²) in [5, 5.41) is 0. The van der Waals surface area contributed by atoms with Crippen LogP contribution in [0.1, 0.15) is 28.8 Å². The third-order valence-electron chi connectivity index (χ3n) is 6.06. The summed E-state index contributed by atoms with van der Waals surface area (Å²) in [7, 11) is 1.65. The van der Waals surface area contributed by atoms with E-state index in [0.717, 1.165) is 22.4 Å². The van der Waals surface area contributed by atoms with Gasteiger partial charge in [0.25, 0.3) is 5.91 Å². The fourth-order valence-electron chi connectivity index (χ4n) is 4.45. The molecule has 1 saturated heterocycles. The van der Waals surface area contributed by atoms with Crippen LogP contribution in [-0.2, 0) is 4.79 Å². The molecule has 1 heterocycles. The van der Waals surface area contributed by atoms with Gasteiger partial charge in [-0.1, -0.05) is 91.0 Å². The highest BCUT2D eigenvalue weighted by Crippen LogP contribution is 2.46. The van der Waals surface area contributed by atoms with Crippen molar-refractivity contribution < 1.29 is 14.3 Å². The highest BCUT2D eigenvalue weighted by molar-refractivity contribution is 5.90. The molecule has 0 bridgehead atoms. The Morgan fingerprint density at radius 2 is 1.18 bits per heavy atom. The molecule has 1 aliphatic rings. The zero-order chi connectivity index (χ0) is 22.6. The van der Waals surface area contributed by atoms with Gasteiger partial charge in [-0.2, -0.15) is 0 Å². The molecule has 2 atom stereocenters. The molecule has 0 radical (unpaired) electrons. The highest BCUT2D eigenvalue weighted by atomic mass is 16.5. The highest BCUT2D eigenvalue weighted by Gasteiger charge is 2.53. The summed E-state index contributed by atoms with van der Waals surface area (Å²) < 4.78 is 11.6. The molecule has 1 amide bonds. The third kappa shape index (κ3) is 4.08. The van der Waals surface area contributed by atoms with Crippen LogP contribution < -0.4 is 9.47 Å². The van der Waals surface area contributed by atoms with Gasteiger partial charge in [-0.3, -0.25) is 4.79 Å². The third-order valence-corrected chi connectivity index (χ3v) is 6.06. The Balaban J connectivity index is 1.57. The van der Waals surface area contributed by atoms with E-state index in [0.29, 0.717) is 5.75 Å². The van der Waals surface area contributed by atoms with Gasteiger partial charge in [0.15, 0.2) is 0 Å². The standard InChI is InChI=1S/C29H25NO3/c1-32-24-19-17-23(18-20-24)27-28(33-25-15-9-4-10-16-25)29(31)30(27)26(21-11-5-2-6-12-21)22-13-7-3-8-14-22/h2-20,26-28H,1H3/t27-,28+/m1/s1. The average Bonchev–Trinajstić information content (AvgIpc) is 2.89. The van der Waals surface area contributed by atoms with Crippen LogP contribution in [0, 0.1) is 0 Å². The predicted octanol–water partition coefficient (Wildman–Crippen LogP) is 5.82. The van der Waals surface area contributed by atoms with E-state index in [1.54, 1.807) is 7.11 Å². The fraction of sp³-hybridized carbons (Fsp3) is 0.138. The van der Waals surface area contributed by atoms with Gasteiger partial charge >= 0.3 is 0 Å². The maximum absolute atomic E-state index is 13.6. The van der Waals surface area contributed by atoms with Crippen molar-refractivity contribution in [1.82, 2.24) is 4.90 Å². The van der Waals surface area contributed by atoms with Crippen LogP contribution in [0.2, 0.25) is 0 Å². The molecule has 33 heavy (non-hydrogen) atoms. The smallest absolute Gasteiger partial charge is 0.267 e. The fourth-order valence-corrected chi connectivity index (χ4v) is 4.45. The van der Waals surface area contributed by atoms with Crippen molar-refractivity contribution in [2.24, 2.45) is 0 Å². The van der Waals surface area contributed by atoms with Crippen molar-refractivity contribution in [3.05, 3.63) is 132 Å². The topological polar surface area (TPSA) is 38.8 Å². The minimum atomic E-state index is -0.601. The summed E-state index contributed by atoms with van der Waals surface area (Å²) >= 11 is 0. The lowest BCUT2D eigenvalue weighted by atomic mass is 9.84. The second-order valence-corrected chi connectivity index (χ2v) is 8.04. The summed E-state index contributed by atoms with van der Waals surface area (Å²) in [5.41, 5.74) is 3.13. The van der Waals surface area contributed by atoms with E-state index in [1.165, 1.54) is 0 Å². The second-order valence-electron chi connectivity index (χ2n) is 8.04. The van der Waals surface area contributed by atoms with Crippen LogP contribution in [0.25, 0.3) is 0 Å². The lowest BCUT2D eigenvalue weighted by Crippen LogP contribution is -2.62. The molecule has 4 heteroatoms. The summed E-state index contributed by atoms with van der Waals surface area (Å²) in [5.74, 6) is 1.43. The Hall–Kier alpha value is -4.05. The monoisotopic (exact) mass is 435 g/mol. The Morgan fingerprint density at radius 3 is 1.70 bits per heavy atom. The Bertz CT molecular complexity index is 1150. The maximum atomic E-state index is 13.6. The van der Waals surface area contributed by atoms with Crippen LogP contribution in [0.3, 0.4) is 0 Å². The van der Waals surface area contributed by atoms with Crippen molar-refractivity contribution in [2.75, 3.05) is 7.11 Å². The Morgan fingerprint density at radius 1 is 0.667 bits per heavy atom. The number of rotatable bonds is 7. The van der Waals surface area contributed by atoms with Gasteiger partial charge in [0, 0.05) is 0 Å². The summed E-state index contributed by atoms with van der Waals surface area (Å²) in [4.78, 5) is 15.6. The molecule has 1 fully saturated rings. The number of likely N-dealkylation sites (tertiary alicyclic amines) is 1. The van der Waals surface area contributed by atoms with Gasteiger partial charge in [-0.15, -0.1) is 0 Å². The number of nitrogens with zero attached hydrogens (tertiary/aromatic N) is 1.